The van der Waals surface area contributed by atoms with E-state index in [2.05, 4.69) is 17.5 Å². The van der Waals surface area contributed by atoms with Crippen molar-refractivity contribution >= 4 is 11.7 Å². The fourth-order valence-corrected chi connectivity index (χ4v) is 2.62. The summed E-state index contributed by atoms with van der Waals surface area (Å²) >= 11 is 0. The molecule has 1 aromatic rings. The quantitative estimate of drug-likeness (QED) is 0.656. The first-order chi connectivity index (χ1) is 9.72. The molecule has 0 spiro atoms. The lowest BCUT2D eigenvalue weighted by molar-refractivity contribution is -0.145. The van der Waals surface area contributed by atoms with Crippen molar-refractivity contribution in [1.82, 2.24) is 0 Å². The third-order valence-electron chi connectivity index (χ3n) is 3.78. The van der Waals surface area contributed by atoms with Crippen LogP contribution in [0.3, 0.4) is 0 Å². The first-order valence-corrected chi connectivity index (χ1v) is 7.36. The molecule has 3 nitrogen and oxygen atoms in total. The molecule has 1 N–H and O–H groups in total. The van der Waals surface area contributed by atoms with Crippen LogP contribution in [0.5, 0.6) is 0 Å². The molecule has 0 aromatic heterocycles. The minimum absolute atomic E-state index is 0.143. The van der Waals surface area contributed by atoms with E-state index in [-0.39, 0.29) is 12.0 Å². The molecule has 0 radical (unpaired) electrons. The monoisotopic (exact) mass is 273 g/mol. The van der Waals surface area contributed by atoms with Crippen LogP contribution in [-0.2, 0) is 9.53 Å². The zero-order chi connectivity index (χ0) is 14.4. The van der Waals surface area contributed by atoms with Crippen molar-refractivity contribution in [2.24, 2.45) is 5.92 Å². The van der Waals surface area contributed by atoms with Crippen molar-refractivity contribution in [1.29, 1.82) is 0 Å². The number of ether oxygens (including phenoxy) is 1. The number of para-hydroxylation sites is 1. The predicted molar refractivity (Wildman–Crippen MR) is 81.7 cm³/mol. The number of carbonyl (C=O) groups is 1. The molecule has 3 heteroatoms. The van der Waals surface area contributed by atoms with Crippen LogP contribution in [0.1, 0.15) is 31.7 Å². The summed E-state index contributed by atoms with van der Waals surface area (Å²) in [6, 6.07) is 7.79. The van der Waals surface area contributed by atoms with Crippen molar-refractivity contribution < 1.29 is 9.53 Å². The smallest absolute Gasteiger partial charge is 0.328 e. The molecule has 1 aliphatic carbocycles. The molecule has 0 saturated carbocycles. The van der Waals surface area contributed by atoms with Gasteiger partial charge in [0.2, 0.25) is 0 Å². The molecular formula is C17H23NO2. The van der Waals surface area contributed by atoms with E-state index in [1.165, 1.54) is 0 Å². The van der Waals surface area contributed by atoms with Crippen molar-refractivity contribution in [2.75, 3.05) is 11.9 Å². The Kier molecular flexibility index (Phi) is 5.22. The van der Waals surface area contributed by atoms with E-state index in [1.807, 2.05) is 38.1 Å². The molecule has 20 heavy (non-hydrogen) atoms. The first kappa shape index (κ1) is 14.6. The molecule has 0 bridgehead atoms. The van der Waals surface area contributed by atoms with Crippen molar-refractivity contribution in [3.05, 3.63) is 42.0 Å². The van der Waals surface area contributed by atoms with Gasteiger partial charge in [0, 0.05) is 5.69 Å². The summed E-state index contributed by atoms with van der Waals surface area (Å²) in [5.41, 5.74) is 2.16. The molecule has 2 rings (SSSR count). The average Bonchev–Trinajstić information content (AvgIpc) is 2.47. The Bertz CT molecular complexity index is 482. The maximum atomic E-state index is 12.2. The Labute approximate surface area is 121 Å². The molecule has 0 aliphatic heterocycles. The number of carbonyl (C=O) groups excluding carboxylic acids is 1. The minimum Gasteiger partial charge on any atom is -0.464 e. The van der Waals surface area contributed by atoms with Crippen LogP contribution < -0.4 is 5.32 Å². The molecule has 2 unspecified atom stereocenters. The number of hydrogen-bond donors (Lipinski definition) is 1. The number of allylic oxidation sites excluding steroid dienone is 2. The number of benzene rings is 1. The summed E-state index contributed by atoms with van der Waals surface area (Å²) in [4.78, 5) is 12.2. The molecule has 108 valence electrons. The zero-order valence-corrected chi connectivity index (χ0v) is 12.3. The van der Waals surface area contributed by atoms with E-state index in [9.17, 15) is 4.79 Å². The molecule has 0 amide bonds. The second kappa shape index (κ2) is 7.13. The lowest BCUT2D eigenvalue weighted by Crippen LogP contribution is -2.39. The third-order valence-corrected chi connectivity index (χ3v) is 3.78. The predicted octanol–water partition coefficient (Wildman–Crippen LogP) is 3.69. The number of rotatable bonds is 5. The average molecular weight is 273 g/mol. The van der Waals surface area contributed by atoms with Crippen LogP contribution in [0, 0.1) is 12.8 Å². The van der Waals surface area contributed by atoms with Crippen LogP contribution in [0.2, 0.25) is 0 Å². The van der Waals surface area contributed by atoms with Gasteiger partial charge in [-0.2, -0.15) is 0 Å². The summed E-state index contributed by atoms with van der Waals surface area (Å²) in [5, 5.41) is 3.39. The van der Waals surface area contributed by atoms with Gasteiger partial charge in [-0.05, 0) is 50.7 Å². The van der Waals surface area contributed by atoms with Crippen molar-refractivity contribution in [3.63, 3.8) is 0 Å². The second-order valence-corrected chi connectivity index (χ2v) is 5.23. The molecule has 2 atom stereocenters. The van der Waals surface area contributed by atoms with E-state index in [0.29, 0.717) is 12.5 Å². The summed E-state index contributed by atoms with van der Waals surface area (Å²) in [5.74, 6) is 0.162. The van der Waals surface area contributed by atoms with Gasteiger partial charge in [-0.3, -0.25) is 0 Å². The highest BCUT2D eigenvalue weighted by Gasteiger charge is 2.29. The van der Waals surface area contributed by atoms with Crippen LogP contribution in [0.15, 0.2) is 36.4 Å². The Morgan fingerprint density at radius 2 is 2.20 bits per heavy atom. The lowest BCUT2D eigenvalue weighted by Gasteiger charge is -2.28. The van der Waals surface area contributed by atoms with Gasteiger partial charge < -0.3 is 10.1 Å². The second-order valence-electron chi connectivity index (χ2n) is 5.23. The van der Waals surface area contributed by atoms with E-state index < -0.39 is 0 Å². The highest BCUT2D eigenvalue weighted by atomic mass is 16.5. The molecule has 0 saturated heterocycles. The summed E-state index contributed by atoms with van der Waals surface area (Å²) in [6.45, 7) is 4.32. The molecule has 0 fully saturated rings. The molecule has 1 aliphatic rings. The van der Waals surface area contributed by atoms with Crippen molar-refractivity contribution in [3.8, 4) is 0 Å². The summed E-state index contributed by atoms with van der Waals surface area (Å²) < 4.78 is 5.24. The van der Waals surface area contributed by atoms with Gasteiger partial charge in [0.15, 0.2) is 0 Å². The van der Waals surface area contributed by atoms with E-state index in [0.717, 1.165) is 30.5 Å². The van der Waals surface area contributed by atoms with Gasteiger partial charge in [-0.15, -0.1) is 0 Å². The topological polar surface area (TPSA) is 38.3 Å². The van der Waals surface area contributed by atoms with Crippen LogP contribution in [0.25, 0.3) is 0 Å². The fraction of sp³-hybridized carbons (Fsp3) is 0.471. The highest BCUT2D eigenvalue weighted by Crippen LogP contribution is 2.26. The van der Waals surface area contributed by atoms with Gasteiger partial charge in [-0.1, -0.05) is 30.4 Å². The summed E-state index contributed by atoms with van der Waals surface area (Å²) in [6.07, 6.45) is 7.35. The van der Waals surface area contributed by atoms with Gasteiger partial charge >= 0.3 is 5.97 Å². The number of esters is 1. The minimum atomic E-state index is -0.263. The molecule has 0 heterocycles. The lowest BCUT2D eigenvalue weighted by atomic mass is 9.87. The Balaban J connectivity index is 2.15. The fourth-order valence-electron chi connectivity index (χ4n) is 2.62. The van der Waals surface area contributed by atoms with Gasteiger partial charge in [0.05, 0.1) is 6.61 Å². The highest BCUT2D eigenvalue weighted by molar-refractivity contribution is 5.80. The van der Waals surface area contributed by atoms with E-state index >= 15 is 0 Å². The van der Waals surface area contributed by atoms with E-state index in [4.69, 9.17) is 4.74 Å². The maximum Gasteiger partial charge on any atom is 0.328 e. The number of aryl methyl sites for hydroxylation is 1. The zero-order valence-electron chi connectivity index (χ0n) is 12.3. The van der Waals surface area contributed by atoms with Gasteiger partial charge in [-0.25, -0.2) is 4.79 Å². The molecular weight excluding hydrogens is 250 g/mol. The Morgan fingerprint density at radius 3 is 2.85 bits per heavy atom. The van der Waals surface area contributed by atoms with Gasteiger partial charge in [0.25, 0.3) is 0 Å². The summed E-state index contributed by atoms with van der Waals surface area (Å²) in [7, 11) is 0. The van der Waals surface area contributed by atoms with Crippen LogP contribution >= 0.6 is 0 Å². The van der Waals surface area contributed by atoms with Crippen LogP contribution in [0.4, 0.5) is 5.69 Å². The molecule has 1 aromatic carbocycles. The number of hydrogen-bond acceptors (Lipinski definition) is 3. The van der Waals surface area contributed by atoms with Crippen LogP contribution in [-0.4, -0.2) is 18.6 Å². The van der Waals surface area contributed by atoms with E-state index in [1.54, 1.807) is 0 Å². The number of nitrogens with one attached hydrogen (secondary N) is 1. The Hall–Kier alpha value is -1.77. The Morgan fingerprint density at radius 1 is 1.40 bits per heavy atom. The third kappa shape index (κ3) is 3.62. The largest absolute Gasteiger partial charge is 0.464 e. The first-order valence-electron chi connectivity index (χ1n) is 7.36. The SMILES string of the molecule is CCOC(=O)C(Nc1ccccc1C)C1CC=CCC1. The normalized spacial score (nSPS) is 19.4. The maximum absolute atomic E-state index is 12.2. The number of anilines is 1. The van der Waals surface area contributed by atoms with Crippen molar-refractivity contribution in [2.45, 2.75) is 39.2 Å². The van der Waals surface area contributed by atoms with Gasteiger partial charge in [0.1, 0.15) is 6.04 Å². The standard InChI is InChI=1S/C17H23NO2/c1-3-20-17(19)16(14-10-5-4-6-11-14)18-15-12-8-7-9-13(15)2/h4-5,7-9,12,14,16,18H,3,6,10-11H2,1-2H3.